The van der Waals surface area contributed by atoms with Crippen molar-refractivity contribution in [2.45, 2.75) is 25.8 Å². The van der Waals surface area contributed by atoms with E-state index in [9.17, 15) is 4.79 Å². The number of hydrogen-bond donors (Lipinski definition) is 2. The second-order valence-electron chi connectivity index (χ2n) is 3.97. The van der Waals surface area contributed by atoms with E-state index in [1.807, 2.05) is 17.0 Å². The molecule has 3 N–H and O–H groups in total. The summed E-state index contributed by atoms with van der Waals surface area (Å²) in [7, 11) is 0. The second-order valence-corrected chi connectivity index (χ2v) is 3.97. The van der Waals surface area contributed by atoms with Crippen molar-refractivity contribution in [3.05, 3.63) is 23.9 Å². The highest BCUT2D eigenvalue weighted by atomic mass is 16.2. The topological polar surface area (TPSA) is 71.2 Å². The van der Waals surface area contributed by atoms with Gasteiger partial charge >= 0.3 is 0 Å². The van der Waals surface area contributed by atoms with Crippen LogP contribution in [-0.4, -0.2) is 22.3 Å². The monoisotopic (exact) mass is 220 g/mol. The number of hydrazine groups is 1. The Kier molecular flexibility index (Phi) is 3.36. The molecule has 1 aliphatic rings. The van der Waals surface area contributed by atoms with Gasteiger partial charge in [0, 0.05) is 25.7 Å². The van der Waals surface area contributed by atoms with Crippen LogP contribution in [0.25, 0.3) is 0 Å². The summed E-state index contributed by atoms with van der Waals surface area (Å²) in [5, 5.41) is 0. The van der Waals surface area contributed by atoms with E-state index in [1.54, 1.807) is 6.20 Å². The third-order valence-electron chi connectivity index (χ3n) is 2.77. The van der Waals surface area contributed by atoms with Crippen molar-refractivity contribution in [3.63, 3.8) is 0 Å². The van der Waals surface area contributed by atoms with E-state index in [0.717, 1.165) is 24.9 Å². The van der Waals surface area contributed by atoms with Gasteiger partial charge in [-0.1, -0.05) is 0 Å². The number of pyridine rings is 1. The number of rotatable bonds is 3. The van der Waals surface area contributed by atoms with Crippen LogP contribution in [-0.2, 0) is 11.3 Å². The first-order valence-electron chi connectivity index (χ1n) is 5.49. The molecule has 1 aliphatic heterocycles. The molecule has 0 saturated carbocycles. The SMILES string of the molecule is NNc1cc(CN2CCCCC2=O)ccn1. The number of amides is 1. The average Bonchev–Trinajstić information content (AvgIpc) is 2.32. The van der Waals surface area contributed by atoms with Gasteiger partial charge in [-0.15, -0.1) is 0 Å². The number of carbonyl (C=O) groups excluding carboxylic acids is 1. The molecule has 0 spiro atoms. The number of likely N-dealkylation sites (tertiary alicyclic amines) is 1. The molecular weight excluding hydrogens is 204 g/mol. The lowest BCUT2D eigenvalue weighted by molar-refractivity contribution is -0.133. The van der Waals surface area contributed by atoms with Crippen LogP contribution in [0.15, 0.2) is 18.3 Å². The van der Waals surface area contributed by atoms with Gasteiger partial charge in [-0.05, 0) is 30.5 Å². The van der Waals surface area contributed by atoms with Crippen molar-refractivity contribution in [2.24, 2.45) is 5.84 Å². The van der Waals surface area contributed by atoms with Gasteiger partial charge in [0.25, 0.3) is 0 Å². The summed E-state index contributed by atoms with van der Waals surface area (Å²) in [5.41, 5.74) is 3.56. The average molecular weight is 220 g/mol. The van der Waals surface area contributed by atoms with Gasteiger partial charge in [0.05, 0.1) is 0 Å². The first-order valence-corrected chi connectivity index (χ1v) is 5.49. The van der Waals surface area contributed by atoms with E-state index in [0.29, 0.717) is 18.8 Å². The Morgan fingerprint density at radius 1 is 1.50 bits per heavy atom. The third kappa shape index (κ3) is 2.49. The van der Waals surface area contributed by atoms with E-state index in [1.165, 1.54) is 0 Å². The van der Waals surface area contributed by atoms with Crippen molar-refractivity contribution in [1.29, 1.82) is 0 Å². The fourth-order valence-corrected chi connectivity index (χ4v) is 1.90. The first-order chi connectivity index (χ1) is 7.79. The smallest absolute Gasteiger partial charge is 0.222 e. The van der Waals surface area contributed by atoms with Crippen molar-refractivity contribution >= 4 is 11.7 Å². The molecule has 0 atom stereocenters. The van der Waals surface area contributed by atoms with E-state index < -0.39 is 0 Å². The van der Waals surface area contributed by atoms with Crippen LogP contribution < -0.4 is 11.3 Å². The molecule has 0 radical (unpaired) electrons. The van der Waals surface area contributed by atoms with E-state index in [4.69, 9.17) is 5.84 Å². The van der Waals surface area contributed by atoms with Gasteiger partial charge in [-0.25, -0.2) is 10.8 Å². The minimum atomic E-state index is 0.241. The van der Waals surface area contributed by atoms with E-state index in [2.05, 4.69) is 10.4 Å². The Balaban J connectivity index is 2.04. The maximum absolute atomic E-state index is 11.6. The van der Waals surface area contributed by atoms with Gasteiger partial charge in [0.15, 0.2) is 0 Å². The Labute approximate surface area is 94.6 Å². The molecule has 86 valence electrons. The number of piperidine rings is 1. The normalized spacial score (nSPS) is 16.3. The zero-order chi connectivity index (χ0) is 11.4. The molecule has 0 aliphatic carbocycles. The minimum absolute atomic E-state index is 0.241. The lowest BCUT2D eigenvalue weighted by Crippen LogP contribution is -2.34. The molecule has 2 heterocycles. The predicted molar refractivity (Wildman–Crippen MR) is 61.3 cm³/mol. The van der Waals surface area contributed by atoms with Gasteiger partial charge in [0.2, 0.25) is 5.91 Å². The van der Waals surface area contributed by atoms with Crippen LogP contribution in [0.4, 0.5) is 5.82 Å². The first kappa shape index (κ1) is 10.9. The fourth-order valence-electron chi connectivity index (χ4n) is 1.90. The molecule has 5 heteroatoms. The Bertz CT molecular complexity index is 380. The lowest BCUT2D eigenvalue weighted by Gasteiger charge is -2.26. The number of hydrogen-bond acceptors (Lipinski definition) is 4. The van der Waals surface area contributed by atoms with E-state index in [-0.39, 0.29) is 5.91 Å². The quantitative estimate of drug-likeness (QED) is 0.586. The van der Waals surface area contributed by atoms with Gasteiger partial charge in [-0.3, -0.25) is 4.79 Å². The zero-order valence-corrected chi connectivity index (χ0v) is 9.15. The van der Waals surface area contributed by atoms with Crippen LogP contribution in [0.3, 0.4) is 0 Å². The largest absolute Gasteiger partial charge is 0.338 e. The molecule has 1 fully saturated rings. The molecule has 1 aromatic rings. The molecule has 0 unspecified atom stereocenters. The molecule has 2 rings (SSSR count). The zero-order valence-electron chi connectivity index (χ0n) is 9.15. The number of nitrogen functional groups attached to an aromatic ring is 1. The van der Waals surface area contributed by atoms with Crippen molar-refractivity contribution < 1.29 is 4.79 Å². The summed E-state index contributed by atoms with van der Waals surface area (Å²) in [4.78, 5) is 17.5. The summed E-state index contributed by atoms with van der Waals surface area (Å²) < 4.78 is 0. The maximum Gasteiger partial charge on any atom is 0.222 e. The minimum Gasteiger partial charge on any atom is -0.338 e. The number of anilines is 1. The molecule has 0 aromatic carbocycles. The predicted octanol–water partition coefficient (Wildman–Crippen LogP) is 0.880. The lowest BCUT2D eigenvalue weighted by atomic mass is 10.1. The summed E-state index contributed by atoms with van der Waals surface area (Å²) in [6.45, 7) is 1.50. The van der Waals surface area contributed by atoms with Gasteiger partial charge in [0.1, 0.15) is 5.82 Å². The number of carbonyl (C=O) groups is 1. The van der Waals surface area contributed by atoms with Crippen molar-refractivity contribution in [3.8, 4) is 0 Å². The Morgan fingerprint density at radius 2 is 2.38 bits per heavy atom. The number of nitrogens with one attached hydrogen (secondary N) is 1. The Morgan fingerprint density at radius 3 is 3.12 bits per heavy atom. The summed E-state index contributed by atoms with van der Waals surface area (Å²) in [5.74, 6) is 6.15. The third-order valence-corrected chi connectivity index (χ3v) is 2.77. The molecule has 1 aromatic heterocycles. The highest BCUT2D eigenvalue weighted by Gasteiger charge is 2.17. The maximum atomic E-state index is 11.6. The van der Waals surface area contributed by atoms with Crippen molar-refractivity contribution in [1.82, 2.24) is 9.88 Å². The molecule has 1 saturated heterocycles. The molecule has 0 bridgehead atoms. The number of nitrogens with two attached hydrogens (primary N) is 1. The molecular formula is C11H16N4O. The van der Waals surface area contributed by atoms with Crippen LogP contribution in [0, 0.1) is 0 Å². The summed E-state index contributed by atoms with van der Waals surface area (Å²) in [6, 6.07) is 3.77. The summed E-state index contributed by atoms with van der Waals surface area (Å²) in [6.07, 6.45) is 4.48. The highest BCUT2D eigenvalue weighted by molar-refractivity contribution is 5.76. The fraction of sp³-hybridized carbons (Fsp3) is 0.455. The molecule has 5 nitrogen and oxygen atoms in total. The Hall–Kier alpha value is -1.62. The van der Waals surface area contributed by atoms with Gasteiger partial charge in [-0.2, -0.15) is 0 Å². The highest BCUT2D eigenvalue weighted by Crippen LogP contribution is 2.15. The molecule has 16 heavy (non-hydrogen) atoms. The van der Waals surface area contributed by atoms with Crippen LogP contribution in [0.1, 0.15) is 24.8 Å². The number of nitrogens with zero attached hydrogens (tertiary/aromatic N) is 2. The standard InChI is InChI=1S/C11H16N4O/c12-14-10-7-9(4-5-13-10)8-15-6-2-1-3-11(15)16/h4-5,7H,1-3,6,8,12H2,(H,13,14). The van der Waals surface area contributed by atoms with Gasteiger partial charge < -0.3 is 10.3 Å². The molecule has 1 amide bonds. The second kappa shape index (κ2) is 4.94. The van der Waals surface area contributed by atoms with Crippen molar-refractivity contribution in [2.75, 3.05) is 12.0 Å². The number of aromatic nitrogens is 1. The van der Waals surface area contributed by atoms with Crippen LogP contribution >= 0.6 is 0 Å². The summed E-state index contributed by atoms with van der Waals surface area (Å²) >= 11 is 0. The van der Waals surface area contributed by atoms with E-state index >= 15 is 0 Å². The van der Waals surface area contributed by atoms with Crippen LogP contribution in [0.5, 0.6) is 0 Å². The van der Waals surface area contributed by atoms with Crippen LogP contribution in [0.2, 0.25) is 0 Å².